The summed E-state index contributed by atoms with van der Waals surface area (Å²) in [6, 6.07) is 15.6. The van der Waals surface area contributed by atoms with Gasteiger partial charge in [0.05, 0.1) is 21.3 Å². The molecule has 1 aromatic heterocycles. The number of ether oxygens (including phenoxy) is 3. The summed E-state index contributed by atoms with van der Waals surface area (Å²) in [6.45, 7) is 0. The van der Waals surface area contributed by atoms with Crippen molar-refractivity contribution >= 4 is 51.6 Å². The van der Waals surface area contributed by atoms with Crippen molar-refractivity contribution in [2.24, 2.45) is 0 Å². The molecule has 4 rings (SSSR count). The third kappa shape index (κ3) is 4.90. The molecule has 4 aromatic rings. The second kappa shape index (κ2) is 9.98. The topological polar surface area (TPSA) is 94.9 Å². The summed E-state index contributed by atoms with van der Waals surface area (Å²) in [5.41, 5.74) is 3.09. The van der Waals surface area contributed by atoms with Gasteiger partial charge in [-0.2, -0.15) is 0 Å². The number of carbonyl (C=O) groups is 1. The SMILES string of the molecule is COc1cc(C(=O)NC(=S)Nc2ccc(-c3nc4cc(Cl)ccc4o3)cc2)cc(OC)c1OC. The minimum Gasteiger partial charge on any atom is -0.493 e. The summed E-state index contributed by atoms with van der Waals surface area (Å²) in [6.07, 6.45) is 0. The van der Waals surface area contributed by atoms with Crippen LogP contribution in [-0.4, -0.2) is 37.3 Å². The number of nitrogens with zero attached hydrogens (tertiary/aromatic N) is 1. The highest BCUT2D eigenvalue weighted by Gasteiger charge is 2.18. The number of benzene rings is 3. The maximum absolute atomic E-state index is 12.7. The molecule has 34 heavy (non-hydrogen) atoms. The van der Waals surface area contributed by atoms with E-state index in [4.69, 9.17) is 42.4 Å². The van der Waals surface area contributed by atoms with Crippen LogP contribution in [0.15, 0.2) is 59.0 Å². The van der Waals surface area contributed by atoms with Crippen LogP contribution in [0.2, 0.25) is 5.02 Å². The van der Waals surface area contributed by atoms with E-state index in [1.807, 2.05) is 12.1 Å². The molecule has 0 radical (unpaired) electrons. The predicted octanol–water partition coefficient (Wildman–Crippen LogP) is 5.30. The zero-order valence-electron chi connectivity index (χ0n) is 18.5. The van der Waals surface area contributed by atoms with Gasteiger partial charge in [0, 0.05) is 21.8 Å². The molecule has 0 aliphatic carbocycles. The predicted molar refractivity (Wildman–Crippen MR) is 134 cm³/mol. The number of carbonyl (C=O) groups excluding carboxylic acids is 1. The number of rotatable bonds is 6. The number of oxazole rings is 1. The monoisotopic (exact) mass is 497 g/mol. The van der Waals surface area contributed by atoms with Gasteiger partial charge in [-0.15, -0.1) is 0 Å². The first-order valence-electron chi connectivity index (χ1n) is 10.0. The number of amides is 1. The van der Waals surface area contributed by atoms with Crippen LogP contribution in [0.4, 0.5) is 5.69 Å². The van der Waals surface area contributed by atoms with Crippen LogP contribution in [0, 0.1) is 0 Å². The molecule has 0 aliphatic heterocycles. The molecule has 1 amide bonds. The van der Waals surface area contributed by atoms with Crippen molar-refractivity contribution in [2.45, 2.75) is 0 Å². The first kappa shape index (κ1) is 23.3. The standard InChI is InChI=1S/C24H20ClN3O5S/c1-30-19-10-14(11-20(31-2)21(19)32-3)22(29)28-24(34)26-16-7-4-13(5-8-16)23-27-17-12-15(25)6-9-18(17)33-23/h4-12H,1-3H3,(H2,26,28,29,34). The maximum atomic E-state index is 12.7. The number of hydrogen-bond donors (Lipinski definition) is 2. The Balaban J connectivity index is 1.44. The van der Waals surface area contributed by atoms with Crippen LogP contribution in [0.1, 0.15) is 10.4 Å². The van der Waals surface area contributed by atoms with Gasteiger partial charge in [-0.1, -0.05) is 11.6 Å². The van der Waals surface area contributed by atoms with Gasteiger partial charge < -0.3 is 23.9 Å². The van der Waals surface area contributed by atoms with Crippen LogP contribution in [0.3, 0.4) is 0 Å². The van der Waals surface area contributed by atoms with E-state index in [0.29, 0.717) is 50.5 Å². The fourth-order valence-corrected chi connectivity index (χ4v) is 3.65. The van der Waals surface area contributed by atoms with Crippen molar-refractivity contribution in [3.8, 4) is 28.7 Å². The molecule has 0 aliphatic rings. The van der Waals surface area contributed by atoms with E-state index in [9.17, 15) is 4.79 Å². The van der Waals surface area contributed by atoms with Gasteiger partial charge >= 0.3 is 0 Å². The fraction of sp³-hybridized carbons (Fsp3) is 0.125. The zero-order chi connectivity index (χ0) is 24.2. The number of methoxy groups -OCH3 is 3. The number of halogens is 1. The normalized spacial score (nSPS) is 10.6. The van der Waals surface area contributed by atoms with Crippen molar-refractivity contribution in [3.63, 3.8) is 0 Å². The third-order valence-electron chi connectivity index (χ3n) is 4.89. The molecule has 0 fully saturated rings. The molecular formula is C24H20ClN3O5S. The van der Waals surface area contributed by atoms with Gasteiger partial charge in [-0.3, -0.25) is 10.1 Å². The molecule has 0 saturated carbocycles. The average molecular weight is 498 g/mol. The Morgan fingerprint density at radius 2 is 1.65 bits per heavy atom. The number of thiocarbonyl (C=S) groups is 1. The summed E-state index contributed by atoms with van der Waals surface area (Å²) < 4.78 is 21.6. The average Bonchev–Trinajstić information content (AvgIpc) is 3.26. The largest absolute Gasteiger partial charge is 0.493 e. The number of nitrogens with one attached hydrogen (secondary N) is 2. The Kier molecular flexibility index (Phi) is 6.85. The minimum atomic E-state index is -0.432. The summed E-state index contributed by atoms with van der Waals surface area (Å²) in [4.78, 5) is 17.2. The van der Waals surface area contributed by atoms with E-state index < -0.39 is 5.91 Å². The van der Waals surface area contributed by atoms with Gasteiger partial charge in [0.25, 0.3) is 5.91 Å². The number of fused-ring (bicyclic) bond motifs is 1. The summed E-state index contributed by atoms with van der Waals surface area (Å²) in [5, 5.41) is 6.34. The van der Waals surface area contributed by atoms with Crippen LogP contribution in [-0.2, 0) is 0 Å². The molecule has 0 spiro atoms. The highest BCUT2D eigenvalue weighted by atomic mass is 35.5. The molecule has 1 heterocycles. The van der Waals surface area contributed by atoms with Crippen LogP contribution in [0.25, 0.3) is 22.6 Å². The lowest BCUT2D eigenvalue weighted by molar-refractivity contribution is 0.0977. The van der Waals surface area contributed by atoms with Crippen molar-refractivity contribution in [3.05, 3.63) is 65.2 Å². The summed E-state index contributed by atoms with van der Waals surface area (Å²) >= 11 is 11.3. The Labute approximate surface area is 205 Å². The van der Waals surface area contributed by atoms with E-state index in [1.165, 1.54) is 21.3 Å². The highest BCUT2D eigenvalue weighted by molar-refractivity contribution is 7.80. The van der Waals surface area contributed by atoms with Gasteiger partial charge in [0.1, 0.15) is 5.52 Å². The molecule has 174 valence electrons. The van der Waals surface area contributed by atoms with E-state index in [2.05, 4.69) is 15.6 Å². The van der Waals surface area contributed by atoms with Crippen molar-refractivity contribution in [1.82, 2.24) is 10.3 Å². The third-order valence-corrected chi connectivity index (χ3v) is 5.33. The van der Waals surface area contributed by atoms with Gasteiger partial charge in [-0.25, -0.2) is 4.98 Å². The number of aromatic nitrogens is 1. The highest BCUT2D eigenvalue weighted by Crippen LogP contribution is 2.38. The minimum absolute atomic E-state index is 0.128. The van der Waals surface area contributed by atoms with Gasteiger partial charge in [-0.05, 0) is 66.8 Å². The fourth-order valence-electron chi connectivity index (χ4n) is 3.27. The number of anilines is 1. The van der Waals surface area contributed by atoms with E-state index in [-0.39, 0.29) is 5.11 Å². The van der Waals surface area contributed by atoms with Crippen LogP contribution < -0.4 is 24.8 Å². The first-order chi connectivity index (χ1) is 16.4. The molecule has 0 atom stereocenters. The maximum Gasteiger partial charge on any atom is 0.257 e. The van der Waals surface area contributed by atoms with Crippen LogP contribution >= 0.6 is 23.8 Å². The van der Waals surface area contributed by atoms with Crippen molar-refractivity contribution in [1.29, 1.82) is 0 Å². The Morgan fingerprint density at radius 3 is 2.26 bits per heavy atom. The Morgan fingerprint density at radius 1 is 0.971 bits per heavy atom. The lowest BCUT2D eigenvalue weighted by Crippen LogP contribution is -2.34. The van der Waals surface area contributed by atoms with Gasteiger partial charge in [0.15, 0.2) is 22.2 Å². The van der Waals surface area contributed by atoms with Crippen molar-refractivity contribution < 1.29 is 23.4 Å². The van der Waals surface area contributed by atoms with E-state index in [0.717, 1.165) is 5.56 Å². The van der Waals surface area contributed by atoms with E-state index in [1.54, 1.807) is 42.5 Å². The Hall–Kier alpha value is -3.82. The molecule has 10 heteroatoms. The molecule has 8 nitrogen and oxygen atoms in total. The lowest BCUT2D eigenvalue weighted by atomic mass is 10.1. The number of hydrogen-bond acceptors (Lipinski definition) is 7. The molecule has 0 bridgehead atoms. The second-order valence-electron chi connectivity index (χ2n) is 7.03. The molecule has 0 saturated heterocycles. The van der Waals surface area contributed by atoms with E-state index >= 15 is 0 Å². The second-order valence-corrected chi connectivity index (χ2v) is 7.88. The molecular weight excluding hydrogens is 478 g/mol. The lowest BCUT2D eigenvalue weighted by Gasteiger charge is -2.14. The smallest absolute Gasteiger partial charge is 0.257 e. The molecule has 0 unspecified atom stereocenters. The summed E-state index contributed by atoms with van der Waals surface area (Å²) in [7, 11) is 4.44. The quantitative estimate of drug-likeness (QED) is 0.346. The molecule has 2 N–H and O–H groups in total. The Bertz CT molecular complexity index is 1350. The summed E-state index contributed by atoms with van der Waals surface area (Å²) in [5.74, 6) is 1.16. The van der Waals surface area contributed by atoms with Crippen molar-refractivity contribution in [2.75, 3.05) is 26.6 Å². The van der Waals surface area contributed by atoms with Gasteiger partial charge in [0.2, 0.25) is 11.6 Å². The first-order valence-corrected chi connectivity index (χ1v) is 10.8. The molecule has 3 aromatic carbocycles. The zero-order valence-corrected chi connectivity index (χ0v) is 20.0. The van der Waals surface area contributed by atoms with Crippen LogP contribution in [0.5, 0.6) is 17.2 Å².